The van der Waals surface area contributed by atoms with Crippen LogP contribution in [0, 0.1) is 6.92 Å². The van der Waals surface area contributed by atoms with E-state index in [4.69, 9.17) is 14.2 Å². The molecule has 0 unspecified atom stereocenters. The Labute approximate surface area is 184 Å². The summed E-state index contributed by atoms with van der Waals surface area (Å²) in [7, 11) is 3.05. The molecule has 2 aromatic carbocycles. The maximum atomic E-state index is 12.5. The minimum atomic E-state index is -0.677. The monoisotopic (exact) mass is 441 g/mol. The number of aryl methyl sites for hydroxylation is 1. The average Bonchev–Trinajstić information content (AvgIpc) is 3.06. The van der Waals surface area contributed by atoms with Crippen LogP contribution in [-0.2, 0) is 9.53 Å². The molecule has 0 amide bonds. The van der Waals surface area contributed by atoms with E-state index in [0.29, 0.717) is 33.2 Å². The highest BCUT2D eigenvalue weighted by molar-refractivity contribution is 8.18. The number of phenols is 1. The van der Waals surface area contributed by atoms with Crippen molar-refractivity contribution in [3.63, 3.8) is 0 Å². The molecule has 0 saturated carbocycles. The van der Waals surface area contributed by atoms with Gasteiger partial charge in [0.25, 0.3) is 0 Å². The van der Waals surface area contributed by atoms with E-state index in [2.05, 4.69) is 4.99 Å². The van der Waals surface area contributed by atoms with E-state index in [1.54, 1.807) is 56.3 Å². The first-order valence-corrected chi connectivity index (χ1v) is 10.3. The summed E-state index contributed by atoms with van der Waals surface area (Å²) in [6.45, 7) is 3.62. The minimum absolute atomic E-state index is 0.0278. The Balaban J connectivity index is 2.08. The lowest BCUT2D eigenvalue weighted by atomic mass is 10.1. The Bertz CT molecular complexity index is 1100. The first-order chi connectivity index (χ1) is 14.9. The zero-order valence-corrected chi connectivity index (χ0v) is 18.4. The van der Waals surface area contributed by atoms with Crippen molar-refractivity contribution in [2.24, 2.45) is 4.99 Å². The molecule has 0 saturated heterocycles. The summed E-state index contributed by atoms with van der Waals surface area (Å²) in [4.78, 5) is 17.5. The van der Waals surface area contributed by atoms with Crippen LogP contribution in [-0.4, -0.2) is 42.1 Å². The fourth-order valence-electron chi connectivity index (χ4n) is 2.94. The second kappa shape index (κ2) is 9.61. The van der Waals surface area contributed by atoms with E-state index in [0.717, 1.165) is 11.8 Å². The molecule has 0 bridgehead atoms. The van der Waals surface area contributed by atoms with Crippen molar-refractivity contribution in [1.29, 1.82) is 0 Å². The van der Waals surface area contributed by atoms with Gasteiger partial charge in [0.1, 0.15) is 22.1 Å². The Kier molecular flexibility index (Phi) is 6.91. The van der Waals surface area contributed by atoms with Crippen LogP contribution in [0.15, 0.2) is 57.6 Å². The van der Waals surface area contributed by atoms with Crippen LogP contribution in [0.25, 0.3) is 6.08 Å². The minimum Gasteiger partial charge on any atom is -0.507 e. The third-order valence-corrected chi connectivity index (χ3v) is 5.54. The third kappa shape index (κ3) is 4.69. The Morgan fingerprint density at radius 3 is 2.55 bits per heavy atom. The SMILES string of the molecule is CCOC(=O)C1=C(O)/C(=C\c2cccc(C)c2O)SC1=Nc1ccc(OC)c(OC)c1. The summed E-state index contributed by atoms with van der Waals surface area (Å²) < 4.78 is 15.7. The number of aliphatic imine (C=N–C) groups is 1. The van der Waals surface area contributed by atoms with Crippen LogP contribution in [0.2, 0.25) is 0 Å². The summed E-state index contributed by atoms with van der Waals surface area (Å²) in [6.07, 6.45) is 1.61. The predicted octanol–water partition coefficient (Wildman–Crippen LogP) is 4.91. The molecular formula is C23H23NO6S. The van der Waals surface area contributed by atoms with Crippen molar-refractivity contribution < 1.29 is 29.2 Å². The van der Waals surface area contributed by atoms with Gasteiger partial charge in [-0.2, -0.15) is 0 Å². The molecule has 2 N–H and O–H groups in total. The van der Waals surface area contributed by atoms with Crippen LogP contribution in [0.1, 0.15) is 18.1 Å². The number of methoxy groups -OCH3 is 2. The van der Waals surface area contributed by atoms with Crippen LogP contribution in [0.3, 0.4) is 0 Å². The second-order valence-corrected chi connectivity index (χ2v) is 7.55. The number of aliphatic hydroxyl groups excluding tert-OH is 1. The van der Waals surface area contributed by atoms with Gasteiger partial charge in [-0.3, -0.25) is 0 Å². The molecule has 31 heavy (non-hydrogen) atoms. The lowest BCUT2D eigenvalue weighted by Gasteiger charge is -2.08. The maximum absolute atomic E-state index is 12.5. The van der Waals surface area contributed by atoms with E-state index in [9.17, 15) is 15.0 Å². The summed E-state index contributed by atoms with van der Waals surface area (Å²) >= 11 is 1.11. The zero-order valence-electron chi connectivity index (χ0n) is 17.6. The van der Waals surface area contributed by atoms with E-state index in [-0.39, 0.29) is 28.7 Å². The van der Waals surface area contributed by atoms with Gasteiger partial charge in [0.2, 0.25) is 0 Å². The summed E-state index contributed by atoms with van der Waals surface area (Å²) in [5.41, 5.74) is 1.70. The normalized spacial score (nSPS) is 16.1. The van der Waals surface area contributed by atoms with E-state index in [1.807, 2.05) is 0 Å². The van der Waals surface area contributed by atoms with Crippen LogP contribution < -0.4 is 9.47 Å². The Hall–Kier alpha value is -3.39. The molecule has 7 nitrogen and oxygen atoms in total. The van der Waals surface area contributed by atoms with E-state index >= 15 is 0 Å². The number of thioether (sulfide) groups is 1. The van der Waals surface area contributed by atoms with Crippen LogP contribution in [0.4, 0.5) is 5.69 Å². The zero-order chi connectivity index (χ0) is 22.5. The van der Waals surface area contributed by atoms with Crippen molar-refractivity contribution in [3.8, 4) is 17.2 Å². The largest absolute Gasteiger partial charge is 0.507 e. The molecule has 3 rings (SSSR count). The molecule has 0 spiro atoms. The fraction of sp³-hybridized carbons (Fsp3) is 0.217. The maximum Gasteiger partial charge on any atom is 0.344 e. The number of nitrogens with zero attached hydrogens (tertiary/aromatic N) is 1. The fourth-order valence-corrected chi connectivity index (χ4v) is 3.97. The summed E-state index contributed by atoms with van der Waals surface area (Å²) in [5.74, 6) is 0.210. The molecule has 0 aromatic heterocycles. The van der Waals surface area contributed by atoms with Gasteiger partial charge in [-0.1, -0.05) is 30.0 Å². The molecule has 0 radical (unpaired) electrons. The Morgan fingerprint density at radius 2 is 1.87 bits per heavy atom. The molecular weight excluding hydrogens is 418 g/mol. The highest BCUT2D eigenvalue weighted by Crippen LogP contribution is 2.42. The van der Waals surface area contributed by atoms with Gasteiger partial charge >= 0.3 is 5.97 Å². The van der Waals surface area contributed by atoms with Crippen molar-refractivity contribution >= 4 is 34.5 Å². The number of phenolic OH excluding ortho intramolecular Hbond substituents is 1. The molecule has 0 atom stereocenters. The summed E-state index contributed by atoms with van der Waals surface area (Å²) in [5, 5.41) is 21.4. The standard InChI is InChI=1S/C23H23NO6S/c1-5-30-23(27)19-21(26)18(11-14-8-6-7-13(2)20(14)25)31-22(19)24-15-9-10-16(28-3)17(12-15)29-4/h6-12,25-26H,5H2,1-4H3/b18-11+,24-22?. The number of para-hydroxylation sites is 1. The average molecular weight is 442 g/mol. The van der Waals surface area contributed by atoms with Crippen molar-refractivity contribution in [3.05, 3.63) is 63.8 Å². The number of hydrogen-bond acceptors (Lipinski definition) is 8. The van der Waals surface area contributed by atoms with Crippen LogP contribution in [0.5, 0.6) is 17.2 Å². The van der Waals surface area contributed by atoms with Crippen molar-refractivity contribution in [1.82, 2.24) is 0 Å². The Morgan fingerprint density at radius 1 is 1.13 bits per heavy atom. The van der Waals surface area contributed by atoms with Gasteiger partial charge in [0.15, 0.2) is 11.5 Å². The number of aromatic hydroxyl groups is 1. The molecule has 8 heteroatoms. The lowest BCUT2D eigenvalue weighted by Crippen LogP contribution is -2.12. The highest BCUT2D eigenvalue weighted by Gasteiger charge is 2.33. The molecule has 2 aromatic rings. The molecule has 162 valence electrons. The van der Waals surface area contributed by atoms with Crippen molar-refractivity contribution in [2.75, 3.05) is 20.8 Å². The summed E-state index contributed by atoms with van der Waals surface area (Å²) in [6, 6.07) is 10.4. The number of aliphatic hydroxyl groups is 1. The first-order valence-electron chi connectivity index (χ1n) is 9.49. The predicted molar refractivity (Wildman–Crippen MR) is 121 cm³/mol. The number of hydrogen-bond donors (Lipinski definition) is 2. The van der Waals surface area contributed by atoms with Gasteiger partial charge in [-0.15, -0.1) is 0 Å². The van der Waals surface area contributed by atoms with Gasteiger partial charge in [-0.25, -0.2) is 9.79 Å². The van der Waals surface area contributed by atoms with Gasteiger partial charge < -0.3 is 24.4 Å². The van der Waals surface area contributed by atoms with E-state index < -0.39 is 5.97 Å². The molecule has 1 aliphatic rings. The van der Waals surface area contributed by atoms with E-state index in [1.165, 1.54) is 14.2 Å². The smallest absolute Gasteiger partial charge is 0.344 e. The topological polar surface area (TPSA) is 97.6 Å². The number of esters is 1. The molecule has 0 aliphatic carbocycles. The van der Waals surface area contributed by atoms with Gasteiger partial charge in [0, 0.05) is 11.6 Å². The third-order valence-electron chi connectivity index (χ3n) is 4.52. The first kappa shape index (κ1) is 22.3. The number of benzene rings is 2. The number of carbonyl (C=O) groups excluding carboxylic acids is 1. The lowest BCUT2D eigenvalue weighted by molar-refractivity contribution is -0.138. The number of carbonyl (C=O) groups is 1. The highest BCUT2D eigenvalue weighted by atomic mass is 32.2. The molecule has 0 fully saturated rings. The number of ether oxygens (including phenoxy) is 3. The van der Waals surface area contributed by atoms with Gasteiger partial charge in [0.05, 0.1) is 31.4 Å². The molecule has 1 aliphatic heterocycles. The quantitative estimate of drug-likeness (QED) is 0.615. The molecule has 1 heterocycles. The second-order valence-electron chi connectivity index (χ2n) is 6.52. The number of rotatable bonds is 6. The van der Waals surface area contributed by atoms with Gasteiger partial charge in [-0.05, 0) is 37.6 Å². The van der Waals surface area contributed by atoms with Crippen molar-refractivity contribution in [2.45, 2.75) is 13.8 Å². The van der Waals surface area contributed by atoms with Crippen LogP contribution >= 0.6 is 11.8 Å².